The van der Waals surface area contributed by atoms with E-state index in [1.54, 1.807) is 0 Å². The maximum Gasteiger partial charge on any atom is 0.279 e. The molecule has 0 aliphatic rings. The van der Waals surface area contributed by atoms with Crippen molar-refractivity contribution in [3.63, 3.8) is 0 Å². The second-order valence-electron chi connectivity index (χ2n) is 7.16. The van der Waals surface area contributed by atoms with Crippen LogP contribution in [-0.4, -0.2) is 38.0 Å². The number of hydrogen-bond acceptors (Lipinski definition) is 2. The van der Waals surface area contributed by atoms with E-state index in [-0.39, 0.29) is 24.4 Å². The van der Waals surface area contributed by atoms with Gasteiger partial charge < -0.3 is 15.5 Å². The van der Waals surface area contributed by atoms with Crippen LogP contribution in [0.25, 0.3) is 0 Å². The van der Waals surface area contributed by atoms with Crippen molar-refractivity contribution in [3.8, 4) is 0 Å². The summed E-state index contributed by atoms with van der Waals surface area (Å²) in [5, 5.41) is 5.86. The van der Waals surface area contributed by atoms with Gasteiger partial charge in [0.2, 0.25) is 0 Å². The largest absolute Gasteiger partial charge is 0.349 e. The molecule has 1 unspecified atom stereocenters. The van der Waals surface area contributed by atoms with Crippen molar-refractivity contribution >= 4 is 17.5 Å². The van der Waals surface area contributed by atoms with Crippen molar-refractivity contribution in [1.29, 1.82) is 0 Å². The fourth-order valence-electron chi connectivity index (χ4n) is 2.43. The van der Waals surface area contributed by atoms with Crippen molar-refractivity contribution in [3.05, 3.63) is 29.8 Å². The molecule has 0 fully saturated rings. The van der Waals surface area contributed by atoms with E-state index in [0.29, 0.717) is 12.5 Å². The van der Waals surface area contributed by atoms with E-state index in [4.69, 9.17) is 0 Å². The van der Waals surface area contributed by atoms with Gasteiger partial charge in [-0.1, -0.05) is 31.5 Å². The molecule has 0 spiro atoms. The SMILES string of the molecule is Cc1ccc(NC(=O)C[NH+](C)CC(=O)N[C@@H](C)CCC(C)C)cc1. The average Bonchev–Trinajstić information content (AvgIpc) is 2.47. The molecule has 0 saturated carbocycles. The molecule has 2 amide bonds. The maximum atomic E-state index is 12.0. The van der Waals surface area contributed by atoms with Crippen LogP contribution in [0.1, 0.15) is 39.2 Å². The molecule has 5 nitrogen and oxygen atoms in total. The molecule has 0 heterocycles. The molecule has 1 rings (SSSR count). The highest BCUT2D eigenvalue weighted by Crippen LogP contribution is 2.08. The monoisotopic (exact) mass is 334 g/mol. The van der Waals surface area contributed by atoms with Crippen LogP contribution in [-0.2, 0) is 9.59 Å². The highest BCUT2D eigenvalue weighted by molar-refractivity contribution is 5.91. The number of carbonyl (C=O) groups is 2. The third kappa shape index (κ3) is 8.67. The molecule has 0 aliphatic heterocycles. The number of benzene rings is 1. The lowest BCUT2D eigenvalue weighted by atomic mass is 10.0. The number of hydrogen-bond donors (Lipinski definition) is 3. The van der Waals surface area contributed by atoms with Crippen LogP contribution in [0.5, 0.6) is 0 Å². The Morgan fingerprint density at radius 3 is 2.17 bits per heavy atom. The minimum atomic E-state index is -0.0861. The Morgan fingerprint density at radius 1 is 1.00 bits per heavy atom. The van der Waals surface area contributed by atoms with E-state index < -0.39 is 0 Å². The van der Waals surface area contributed by atoms with Crippen LogP contribution in [0.2, 0.25) is 0 Å². The van der Waals surface area contributed by atoms with Gasteiger partial charge in [0.15, 0.2) is 13.1 Å². The molecular formula is C19H32N3O2+. The summed E-state index contributed by atoms with van der Waals surface area (Å²) in [7, 11) is 1.85. The molecule has 134 valence electrons. The lowest BCUT2D eigenvalue weighted by Crippen LogP contribution is -3.11. The van der Waals surface area contributed by atoms with Gasteiger partial charge in [-0.05, 0) is 44.7 Å². The summed E-state index contributed by atoms with van der Waals surface area (Å²) in [6, 6.07) is 7.85. The Morgan fingerprint density at radius 2 is 1.58 bits per heavy atom. The first-order valence-electron chi connectivity index (χ1n) is 8.73. The van der Waals surface area contributed by atoms with Gasteiger partial charge in [-0.25, -0.2) is 0 Å². The summed E-state index contributed by atoms with van der Waals surface area (Å²) in [6.07, 6.45) is 2.08. The smallest absolute Gasteiger partial charge is 0.279 e. The molecule has 1 aromatic carbocycles. The zero-order valence-electron chi connectivity index (χ0n) is 15.6. The molecule has 3 N–H and O–H groups in total. The van der Waals surface area contributed by atoms with E-state index in [2.05, 4.69) is 24.5 Å². The fraction of sp³-hybridized carbons (Fsp3) is 0.579. The third-order valence-electron chi connectivity index (χ3n) is 3.84. The Balaban J connectivity index is 2.31. The fourth-order valence-corrected chi connectivity index (χ4v) is 2.43. The van der Waals surface area contributed by atoms with E-state index in [9.17, 15) is 9.59 Å². The first-order valence-corrected chi connectivity index (χ1v) is 8.73. The normalized spacial score (nSPS) is 13.4. The number of anilines is 1. The summed E-state index contributed by atoms with van der Waals surface area (Å²) in [5.41, 5.74) is 1.93. The Labute approximate surface area is 145 Å². The van der Waals surface area contributed by atoms with E-state index in [1.807, 2.05) is 45.2 Å². The lowest BCUT2D eigenvalue weighted by Gasteiger charge is -2.17. The van der Waals surface area contributed by atoms with E-state index in [0.717, 1.165) is 29.0 Å². The van der Waals surface area contributed by atoms with Crippen molar-refractivity contribution in [2.45, 2.75) is 46.6 Å². The minimum Gasteiger partial charge on any atom is -0.349 e. The third-order valence-corrected chi connectivity index (χ3v) is 3.84. The zero-order valence-corrected chi connectivity index (χ0v) is 15.6. The molecule has 2 atom stereocenters. The van der Waals surface area contributed by atoms with Crippen LogP contribution in [0.4, 0.5) is 5.69 Å². The van der Waals surface area contributed by atoms with Crippen LogP contribution in [0.15, 0.2) is 24.3 Å². The molecular weight excluding hydrogens is 302 g/mol. The van der Waals surface area contributed by atoms with Crippen molar-refractivity contribution in [2.24, 2.45) is 5.92 Å². The Bertz CT molecular complexity index is 526. The first-order chi connectivity index (χ1) is 11.3. The maximum absolute atomic E-state index is 12.0. The van der Waals surface area contributed by atoms with Crippen LogP contribution in [0.3, 0.4) is 0 Å². The summed E-state index contributed by atoms with van der Waals surface area (Å²) >= 11 is 0. The van der Waals surface area contributed by atoms with Gasteiger partial charge in [0.25, 0.3) is 11.8 Å². The van der Waals surface area contributed by atoms with Gasteiger partial charge in [0.05, 0.1) is 7.05 Å². The summed E-state index contributed by atoms with van der Waals surface area (Å²) in [5.74, 6) is 0.548. The number of likely N-dealkylation sites (N-methyl/N-ethyl adjacent to an activating group) is 1. The average molecular weight is 334 g/mol. The highest BCUT2D eigenvalue weighted by Gasteiger charge is 2.16. The number of quaternary nitrogens is 1. The first kappa shape index (κ1) is 20.2. The quantitative estimate of drug-likeness (QED) is 0.639. The van der Waals surface area contributed by atoms with Gasteiger partial charge in [-0.3, -0.25) is 9.59 Å². The molecule has 0 aliphatic carbocycles. The number of nitrogens with one attached hydrogen (secondary N) is 3. The summed E-state index contributed by atoms with van der Waals surface area (Å²) in [4.78, 5) is 24.9. The van der Waals surface area contributed by atoms with Gasteiger partial charge in [0, 0.05) is 11.7 Å². The van der Waals surface area contributed by atoms with Gasteiger partial charge in [0.1, 0.15) is 0 Å². The molecule has 0 saturated heterocycles. The number of carbonyl (C=O) groups excluding carboxylic acids is 2. The van der Waals surface area contributed by atoms with E-state index >= 15 is 0 Å². The second kappa shape index (κ2) is 10.1. The van der Waals surface area contributed by atoms with Gasteiger partial charge in [-0.15, -0.1) is 0 Å². The number of aryl methyl sites for hydroxylation is 1. The topological polar surface area (TPSA) is 62.6 Å². The predicted molar refractivity (Wildman–Crippen MR) is 98.1 cm³/mol. The zero-order chi connectivity index (χ0) is 18.1. The number of rotatable bonds is 9. The van der Waals surface area contributed by atoms with Crippen molar-refractivity contribution in [2.75, 3.05) is 25.5 Å². The van der Waals surface area contributed by atoms with E-state index in [1.165, 1.54) is 0 Å². The van der Waals surface area contributed by atoms with Crippen LogP contribution in [0, 0.1) is 12.8 Å². The summed E-state index contributed by atoms with van der Waals surface area (Å²) < 4.78 is 0. The number of amides is 2. The van der Waals surface area contributed by atoms with Crippen LogP contribution >= 0.6 is 0 Å². The second-order valence-corrected chi connectivity index (χ2v) is 7.16. The molecule has 0 aromatic heterocycles. The molecule has 0 radical (unpaired) electrons. The van der Waals surface area contributed by atoms with Crippen molar-refractivity contribution in [1.82, 2.24) is 5.32 Å². The van der Waals surface area contributed by atoms with Gasteiger partial charge in [-0.2, -0.15) is 0 Å². The van der Waals surface area contributed by atoms with Crippen LogP contribution < -0.4 is 15.5 Å². The lowest BCUT2D eigenvalue weighted by molar-refractivity contribution is -0.862. The highest BCUT2D eigenvalue weighted by atomic mass is 16.2. The standard InChI is InChI=1S/C19H31N3O2/c1-14(2)6-9-16(4)20-18(23)12-22(5)13-19(24)21-17-10-7-15(3)8-11-17/h7-8,10-11,14,16H,6,9,12-13H2,1-5H3,(H,20,23)(H,21,24)/p+1/t16-/m0/s1. The van der Waals surface area contributed by atoms with Crippen molar-refractivity contribution < 1.29 is 14.5 Å². The predicted octanol–water partition coefficient (Wildman–Crippen LogP) is 1.39. The Hall–Kier alpha value is -1.88. The molecule has 5 heteroatoms. The Kier molecular flexibility index (Phi) is 8.47. The van der Waals surface area contributed by atoms with Gasteiger partial charge >= 0.3 is 0 Å². The molecule has 24 heavy (non-hydrogen) atoms. The summed E-state index contributed by atoms with van der Waals surface area (Å²) in [6.45, 7) is 8.96. The minimum absolute atomic E-state index is 0.00751. The molecule has 0 bridgehead atoms. The molecule has 1 aromatic rings.